The van der Waals surface area contributed by atoms with Gasteiger partial charge in [-0.2, -0.15) is 0 Å². The van der Waals surface area contributed by atoms with Crippen molar-refractivity contribution in [3.8, 4) is 0 Å². The monoisotopic (exact) mass is 816 g/mol. The van der Waals surface area contributed by atoms with Crippen LogP contribution in [0.5, 0.6) is 0 Å². The normalized spacial score (nSPS) is 22.6. The van der Waals surface area contributed by atoms with E-state index in [-0.39, 0.29) is 30.1 Å². The van der Waals surface area contributed by atoms with Crippen LogP contribution in [-0.2, 0) is 9.59 Å². The van der Waals surface area contributed by atoms with E-state index in [2.05, 4.69) is 41.9 Å². The third kappa shape index (κ3) is 7.64. The van der Waals surface area contributed by atoms with Crippen molar-refractivity contribution in [2.24, 2.45) is 11.3 Å². The van der Waals surface area contributed by atoms with E-state index >= 15 is 0 Å². The van der Waals surface area contributed by atoms with Crippen LogP contribution in [0.1, 0.15) is 76.0 Å². The Hall–Kier alpha value is -5.45. The van der Waals surface area contributed by atoms with Crippen molar-refractivity contribution in [1.82, 2.24) is 20.0 Å². The molecular formula is C45H49ClN8O5. The first-order valence-corrected chi connectivity index (χ1v) is 21.3. The molecule has 5 saturated heterocycles. The van der Waals surface area contributed by atoms with E-state index in [0.29, 0.717) is 27.8 Å². The van der Waals surface area contributed by atoms with Gasteiger partial charge in [0, 0.05) is 106 Å². The highest BCUT2D eigenvalue weighted by Crippen LogP contribution is 2.43. The smallest absolute Gasteiger partial charge is 0.262 e. The minimum absolute atomic E-state index is 0.0975. The maximum Gasteiger partial charge on any atom is 0.262 e. The molecule has 6 aliphatic heterocycles. The number of carbonyl (C=O) groups excluding carboxylic acids is 5. The number of nitrogens with zero attached hydrogens (tertiary/aromatic N) is 7. The average Bonchev–Trinajstić information content (AvgIpc) is 3.78. The Morgan fingerprint density at radius 2 is 1.36 bits per heavy atom. The first-order chi connectivity index (χ1) is 28.6. The number of amides is 5. The number of carbonyl (C=O) groups is 5. The number of rotatable bonds is 7. The zero-order chi connectivity index (χ0) is 40.8. The summed E-state index contributed by atoms with van der Waals surface area (Å²) in [6.07, 6.45) is 5.40. The molecule has 306 valence electrons. The standard InChI is InChI=1S/C45H49ClN8O5/c1-47-38-9-7-34(27-37(38)46)51-19-14-45(15-20-51)16-21-53(29-45)42(57)31-2-4-32(5-3-31)52-24-22-49(23-25-52)28-30-12-17-50(18-13-30)33-6-8-35-36(26-33)44(59)54(43(35)58)39-10-11-40(55)48-41(39)56/h2-9,26-27,30,39H,10-25,28-29H2,(H,48,55,56). The lowest BCUT2D eigenvalue weighted by molar-refractivity contribution is -0.136. The quantitative estimate of drug-likeness (QED) is 0.245. The molecule has 9 rings (SSSR count). The average molecular weight is 817 g/mol. The second-order valence-electron chi connectivity index (χ2n) is 17.2. The molecule has 0 bridgehead atoms. The van der Waals surface area contributed by atoms with Gasteiger partial charge in [0.15, 0.2) is 0 Å². The van der Waals surface area contributed by atoms with Crippen molar-refractivity contribution in [3.05, 3.63) is 93.8 Å². The number of hydrogen-bond acceptors (Lipinski definition) is 9. The second kappa shape index (κ2) is 16.0. The first-order valence-electron chi connectivity index (χ1n) is 21.0. The van der Waals surface area contributed by atoms with Gasteiger partial charge in [-0.3, -0.25) is 39.1 Å². The molecule has 5 fully saturated rings. The molecule has 6 heterocycles. The molecular weight excluding hydrogens is 768 g/mol. The van der Waals surface area contributed by atoms with Crippen molar-refractivity contribution in [1.29, 1.82) is 0 Å². The maximum absolute atomic E-state index is 13.6. The van der Waals surface area contributed by atoms with E-state index in [4.69, 9.17) is 18.2 Å². The molecule has 0 aromatic heterocycles. The predicted molar refractivity (Wildman–Crippen MR) is 225 cm³/mol. The Morgan fingerprint density at radius 3 is 2.05 bits per heavy atom. The highest BCUT2D eigenvalue weighted by atomic mass is 35.5. The molecule has 6 aliphatic rings. The van der Waals surface area contributed by atoms with Gasteiger partial charge in [0.05, 0.1) is 17.7 Å². The lowest BCUT2D eigenvalue weighted by atomic mass is 9.77. The Bertz CT molecular complexity index is 2220. The van der Waals surface area contributed by atoms with Gasteiger partial charge in [-0.1, -0.05) is 17.7 Å². The predicted octanol–water partition coefficient (Wildman–Crippen LogP) is 5.46. The third-order valence-electron chi connectivity index (χ3n) is 13.7. The summed E-state index contributed by atoms with van der Waals surface area (Å²) in [5.41, 5.74) is 5.12. The van der Waals surface area contributed by atoms with Gasteiger partial charge in [-0.05, 0) is 104 Å². The fraction of sp³-hybridized carbons (Fsp3) is 0.467. The number of nitrogens with one attached hydrogen (secondary N) is 1. The van der Waals surface area contributed by atoms with Crippen molar-refractivity contribution in [2.45, 2.75) is 51.0 Å². The van der Waals surface area contributed by atoms with Crippen molar-refractivity contribution in [2.75, 3.05) is 86.7 Å². The number of piperidine rings is 3. The van der Waals surface area contributed by atoms with Crippen LogP contribution >= 0.6 is 11.6 Å². The summed E-state index contributed by atoms with van der Waals surface area (Å²) >= 11 is 6.31. The van der Waals surface area contributed by atoms with Crippen LogP contribution in [0.3, 0.4) is 0 Å². The number of imide groups is 2. The molecule has 14 heteroatoms. The maximum atomic E-state index is 13.6. The summed E-state index contributed by atoms with van der Waals surface area (Å²) < 4.78 is 0. The summed E-state index contributed by atoms with van der Waals surface area (Å²) in [7, 11) is 0. The summed E-state index contributed by atoms with van der Waals surface area (Å²) in [6, 6.07) is 18.3. The number of fused-ring (bicyclic) bond motifs is 1. The van der Waals surface area contributed by atoms with Gasteiger partial charge < -0.3 is 19.6 Å². The van der Waals surface area contributed by atoms with Gasteiger partial charge in [-0.25, -0.2) is 4.85 Å². The molecule has 1 N–H and O–H groups in total. The van der Waals surface area contributed by atoms with Gasteiger partial charge in [-0.15, -0.1) is 0 Å². The van der Waals surface area contributed by atoms with E-state index < -0.39 is 23.8 Å². The van der Waals surface area contributed by atoms with Crippen molar-refractivity contribution < 1.29 is 24.0 Å². The van der Waals surface area contributed by atoms with E-state index in [9.17, 15) is 24.0 Å². The minimum atomic E-state index is -0.966. The summed E-state index contributed by atoms with van der Waals surface area (Å²) in [4.78, 5) is 80.3. The molecule has 59 heavy (non-hydrogen) atoms. The number of likely N-dealkylation sites (tertiary alicyclic amines) is 1. The van der Waals surface area contributed by atoms with Crippen molar-refractivity contribution in [3.63, 3.8) is 0 Å². The van der Waals surface area contributed by atoms with Crippen LogP contribution in [0, 0.1) is 17.9 Å². The van der Waals surface area contributed by atoms with E-state index in [1.807, 2.05) is 35.2 Å². The number of hydrogen-bond donors (Lipinski definition) is 1. The van der Waals surface area contributed by atoms with Crippen LogP contribution in [0.15, 0.2) is 60.7 Å². The highest BCUT2D eigenvalue weighted by Gasteiger charge is 2.45. The SMILES string of the molecule is [C-]#[N+]c1ccc(N2CCC3(CCN(C(=O)c4ccc(N5CCN(CC6CCN(c7ccc8c(c7)C(=O)N(C7CCC(=O)NC7=O)C8=O)CC6)CC5)cc4)C3)CC2)cc1Cl. The lowest BCUT2D eigenvalue weighted by Crippen LogP contribution is -2.54. The third-order valence-corrected chi connectivity index (χ3v) is 14.0. The van der Waals surface area contributed by atoms with Crippen LogP contribution in [0.2, 0.25) is 5.02 Å². The zero-order valence-electron chi connectivity index (χ0n) is 33.2. The molecule has 3 aromatic carbocycles. The van der Waals surface area contributed by atoms with Crippen LogP contribution in [0.25, 0.3) is 4.85 Å². The topological polar surface area (TPSA) is 121 Å². The van der Waals surface area contributed by atoms with Crippen molar-refractivity contribution >= 4 is 63.9 Å². The van der Waals surface area contributed by atoms with Gasteiger partial charge in [0.25, 0.3) is 17.7 Å². The molecule has 1 unspecified atom stereocenters. The van der Waals surface area contributed by atoms with E-state index in [1.54, 1.807) is 18.2 Å². The molecule has 0 radical (unpaired) electrons. The Labute approximate surface area is 349 Å². The molecule has 0 saturated carbocycles. The minimum Gasteiger partial charge on any atom is -0.372 e. The number of benzene rings is 3. The second-order valence-corrected chi connectivity index (χ2v) is 17.6. The molecule has 0 aliphatic carbocycles. The Balaban J connectivity index is 0.715. The van der Waals surface area contributed by atoms with Crippen LogP contribution in [-0.4, -0.2) is 122 Å². The largest absolute Gasteiger partial charge is 0.372 e. The number of halogens is 1. The highest BCUT2D eigenvalue weighted by molar-refractivity contribution is 6.33. The van der Waals surface area contributed by atoms with Gasteiger partial charge >= 0.3 is 0 Å². The van der Waals surface area contributed by atoms with E-state index in [0.717, 1.165) is 132 Å². The Kier molecular flexibility index (Phi) is 10.6. The molecule has 1 spiro atoms. The summed E-state index contributed by atoms with van der Waals surface area (Å²) in [5, 5.41) is 2.75. The molecule has 13 nitrogen and oxygen atoms in total. The zero-order valence-corrected chi connectivity index (χ0v) is 34.0. The van der Waals surface area contributed by atoms with Gasteiger partial charge in [0.1, 0.15) is 6.04 Å². The van der Waals surface area contributed by atoms with Crippen LogP contribution < -0.4 is 20.0 Å². The van der Waals surface area contributed by atoms with E-state index in [1.165, 1.54) is 0 Å². The molecule has 5 amide bonds. The molecule has 3 aromatic rings. The fourth-order valence-electron chi connectivity index (χ4n) is 10.1. The molecule has 1 atom stereocenters. The van der Waals surface area contributed by atoms with Gasteiger partial charge in [0.2, 0.25) is 17.5 Å². The lowest BCUT2D eigenvalue weighted by Gasteiger charge is -2.40. The first kappa shape index (κ1) is 39.0. The number of piperazine rings is 1. The summed E-state index contributed by atoms with van der Waals surface area (Å²) in [6.45, 7) is 17.3. The Morgan fingerprint density at radius 1 is 0.729 bits per heavy atom. The summed E-state index contributed by atoms with van der Waals surface area (Å²) in [5.74, 6) is -1.25. The number of anilines is 3. The van der Waals surface area contributed by atoms with Crippen LogP contribution in [0.4, 0.5) is 22.7 Å². The fourth-order valence-corrected chi connectivity index (χ4v) is 10.3.